The molecule has 10 heteroatoms. The number of methoxy groups -OCH3 is 1. The second-order valence-corrected chi connectivity index (χ2v) is 7.31. The molecule has 4 N–H and O–H groups in total. The summed E-state index contributed by atoms with van der Waals surface area (Å²) in [5, 5.41) is 3.81. The van der Waals surface area contributed by atoms with Crippen LogP contribution in [0.25, 0.3) is 22.4 Å². The van der Waals surface area contributed by atoms with Crippen molar-refractivity contribution in [2.24, 2.45) is 5.73 Å². The van der Waals surface area contributed by atoms with E-state index in [1.807, 2.05) is 0 Å². The van der Waals surface area contributed by atoms with Gasteiger partial charge in [-0.15, -0.1) is 5.10 Å². The number of alkyl halides is 3. The van der Waals surface area contributed by atoms with E-state index in [0.29, 0.717) is 22.6 Å². The lowest BCUT2D eigenvalue weighted by Crippen LogP contribution is -2.18. The second-order valence-electron chi connectivity index (χ2n) is 7.31. The van der Waals surface area contributed by atoms with E-state index in [1.165, 1.54) is 23.8 Å². The normalized spacial score (nSPS) is 11.8. The van der Waals surface area contributed by atoms with Crippen molar-refractivity contribution >= 4 is 22.8 Å². The molecule has 166 valence electrons. The summed E-state index contributed by atoms with van der Waals surface area (Å²) in [4.78, 5) is 12.3. The molecule has 0 aliphatic rings. The summed E-state index contributed by atoms with van der Waals surface area (Å²) in [5.41, 5.74) is 12.0. The number of para-hydroxylation sites is 1. The lowest BCUT2D eigenvalue weighted by atomic mass is 10.1. The average Bonchev–Trinajstić information content (AvgIpc) is 3.23. The molecule has 4 aromatic rings. The molecule has 0 bridgehead atoms. The number of carbonyl (C=O) groups is 1. The Bertz CT molecular complexity index is 1350. The predicted octanol–water partition coefficient (Wildman–Crippen LogP) is 4.14. The van der Waals surface area contributed by atoms with E-state index in [2.05, 4.69) is 5.10 Å². The van der Waals surface area contributed by atoms with Crippen molar-refractivity contribution in [1.29, 1.82) is 0 Å². The van der Waals surface area contributed by atoms with Gasteiger partial charge in [-0.05, 0) is 37.6 Å². The minimum absolute atomic E-state index is 0.132. The third-order valence-electron chi connectivity index (χ3n) is 5.37. The molecule has 0 unspecified atom stereocenters. The Labute approximate surface area is 181 Å². The van der Waals surface area contributed by atoms with E-state index in [0.717, 1.165) is 4.68 Å². The van der Waals surface area contributed by atoms with E-state index < -0.39 is 28.7 Å². The number of benzene rings is 2. The Kier molecular flexibility index (Phi) is 4.87. The van der Waals surface area contributed by atoms with Crippen molar-refractivity contribution in [3.8, 4) is 17.1 Å². The van der Waals surface area contributed by atoms with Crippen LogP contribution in [-0.2, 0) is 6.18 Å². The zero-order valence-corrected chi connectivity index (χ0v) is 17.5. The highest BCUT2D eigenvalue weighted by Crippen LogP contribution is 2.43. The molecule has 0 fully saturated rings. The van der Waals surface area contributed by atoms with Crippen LogP contribution in [0.5, 0.6) is 5.75 Å². The van der Waals surface area contributed by atoms with Gasteiger partial charge in [0, 0.05) is 5.56 Å². The zero-order valence-electron chi connectivity index (χ0n) is 17.5. The SMILES string of the molecule is COc1ccc(C)c(-n2c(N)c(C(N)=O)c3c(C(F)(F)F)n(-c4ccccc4)nc32)c1C. The number of fused-ring (bicyclic) bond motifs is 1. The molecule has 0 saturated carbocycles. The van der Waals surface area contributed by atoms with Crippen LogP contribution in [0.1, 0.15) is 27.2 Å². The van der Waals surface area contributed by atoms with Gasteiger partial charge in [-0.2, -0.15) is 13.2 Å². The number of nitrogen functional groups attached to an aromatic ring is 1. The highest BCUT2D eigenvalue weighted by atomic mass is 19.4. The summed E-state index contributed by atoms with van der Waals surface area (Å²) >= 11 is 0. The maximum atomic E-state index is 14.3. The standard InChI is InChI=1S/C22H20F3N5O2/c1-11-9-10-14(32-3)12(2)17(11)29-19(26)16(20(27)31)15-18(22(23,24)25)30(28-21(15)29)13-7-5-4-6-8-13/h4-10H,26H2,1-3H3,(H2,27,31). The van der Waals surface area contributed by atoms with Gasteiger partial charge in [0.2, 0.25) is 0 Å². The fraction of sp³-hybridized carbons (Fsp3) is 0.182. The maximum Gasteiger partial charge on any atom is 0.434 e. The number of rotatable bonds is 4. The van der Waals surface area contributed by atoms with Gasteiger partial charge in [0.1, 0.15) is 11.6 Å². The molecule has 0 aliphatic carbocycles. The minimum atomic E-state index is -4.84. The van der Waals surface area contributed by atoms with Gasteiger partial charge in [0.25, 0.3) is 5.91 Å². The summed E-state index contributed by atoms with van der Waals surface area (Å²) < 4.78 is 50.3. The summed E-state index contributed by atoms with van der Waals surface area (Å²) in [6, 6.07) is 11.3. The first-order valence-corrected chi connectivity index (χ1v) is 9.57. The smallest absolute Gasteiger partial charge is 0.434 e. The maximum absolute atomic E-state index is 14.3. The van der Waals surface area contributed by atoms with Crippen LogP contribution in [0.2, 0.25) is 0 Å². The van der Waals surface area contributed by atoms with Crippen LogP contribution >= 0.6 is 0 Å². The summed E-state index contributed by atoms with van der Waals surface area (Å²) in [7, 11) is 1.48. The Morgan fingerprint density at radius 1 is 1.09 bits per heavy atom. The van der Waals surface area contributed by atoms with E-state index in [1.54, 1.807) is 44.2 Å². The van der Waals surface area contributed by atoms with E-state index >= 15 is 0 Å². The Morgan fingerprint density at radius 2 is 1.75 bits per heavy atom. The first kappa shape index (κ1) is 21.3. The first-order valence-electron chi connectivity index (χ1n) is 9.57. The monoisotopic (exact) mass is 443 g/mol. The molecule has 1 amide bonds. The Morgan fingerprint density at radius 3 is 2.31 bits per heavy atom. The summed E-state index contributed by atoms with van der Waals surface area (Å²) in [6.45, 7) is 3.52. The van der Waals surface area contributed by atoms with Gasteiger partial charge in [-0.1, -0.05) is 24.3 Å². The molecule has 7 nitrogen and oxygen atoms in total. The lowest BCUT2D eigenvalue weighted by molar-refractivity contribution is -0.141. The number of nitrogens with zero attached hydrogens (tertiary/aromatic N) is 3. The zero-order chi connectivity index (χ0) is 23.4. The molecule has 2 heterocycles. The molecule has 0 radical (unpaired) electrons. The molecule has 0 saturated heterocycles. The number of hydrogen-bond donors (Lipinski definition) is 2. The second kappa shape index (κ2) is 7.33. The van der Waals surface area contributed by atoms with Crippen LogP contribution in [0.15, 0.2) is 42.5 Å². The fourth-order valence-corrected chi connectivity index (χ4v) is 4.02. The molecular weight excluding hydrogens is 423 g/mol. The lowest BCUT2D eigenvalue weighted by Gasteiger charge is -2.16. The third kappa shape index (κ3) is 3.06. The molecule has 0 spiro atoms. The number of hydrogen-bond acceptors (Lipinski definition) is 4. The molecule has 32 heavy (non-hydrogen) atoms. The van der Waals surface area contributed by atoms with Crippen molar-refractivity contribution in [3.63, 3.8) is 0 Å². The van der Waals surface area contributed by atoms with Gasteiger partial charge in [-0.3, -0.25) is 9.36 Å². The van der Waals surface area contributed by atoms with Crippen molar-refractivity contribution in [3.05, 3.63) is 64.8 Å². The number of aromatic nitrogens is 3. The van der Waals surface area contributed by atoms with Gasteiger partial charge in [0.05, 0.1) is 29.4 Å². The number of ether oxygens (including phenoxy) is 1. The number of carbonyl (C=O) groups excluding carboxylic acids is 1. The number of primary amides is 1. The van der Waals surface area contributed by atoms with E-state index in [9.17, 15) is 18.0 Å². The molecule has 4 rings (SSSR count). The Balaban J connectivity index is 2.23. The fourth-order valence-electron chi connectivity index (χ4n) is 4.02. The van der Waals surface area contributed by atoms with Crippen LogP contribution in [0.3, 0.4) is 0 Å². The number of amides is 1. The first-order chi connectivity index (χ1) is 15.1. The highest BCUT2D eigenvalue weighted by Gasteiger charge is 2.42. The molecule has 0 atom stereocenters. The number of anilines is 1. The molecule has 2 aromatic carbocycles. The van der Waals surface area contributed by atoms with Crippen LogP contribution in [0, 0.1) is 13.8 Å². The van der Waals surface area contributed by atoms with Crippen LogP contribution in [0.4, 0.5) is 19.0 Å². The molecular formula is C22H20F3N5O2. The topological polar surface area (TPSA) is 101 Å². The molecule has 2 aromatic heterocycles. The van der Waals surface area contributed by atoms with E-state index in [4.69, 9.17) is 16.2 Å². The Hall–Kier alpha value is -3.95. The number of nitrogens with two attached hydrogens (primary N) is 2. The van der Waals surface area contributed by atoms with E-state index in [-0.39, 0.29) is 17.2 Å². The van der Waals surface area contributed by atoms with Crippen LogP contribution < -0.4 is 16.2 Å². The van der Waals surface area contributed by atoms with Gasteiger partial charge in [-0.25, -0.2) is 4.68 Å². The average molecular weight is 443 g/mol. The number of aryl methyl sites for hydroxylation is 1. The number of halogens is 3. The van der Waals surface area contributed by atoms with Crippen LogP contribution in [-0.4, -0.2) is 27.4 Å². The van der Waals surface area contributed by atoms with Gasteiger partial charge < -0.3 is 16.2 Å². The van der Waals surface area contributed by atoms with Gasteiger partial charge in [0.15, 0.2) is 11.3 Å². The molecule has 0 aliphatic heterocycles. The van der Waals surface area contributed by atoms with Crippen molar-refractivity contribution in [2.45, 2.75) is 20.0 Å². The van der Waals surface area contributed by atoms with Gasteiger partial charge >= 0.3 is 6.18 Å². The van der Waals surface area contributed by atoms with Crippen molar-refractivity contribution < 1.29 is 22.7 Å². The van der Waals surface area contributed by atoms with Crippen molar-refractivity contribution in [1.82, 2.24) is 14.3 Å². The predicted molar refractivity (Wildman–Crippen MR) is 114 cm³/mol. The third-order valence-corrected chi connectivity index (χ3v) is 5.37. The summed E-state index contributed by atoms with van der Waals surface area (Å²) in [5.74, 6) is -0.797. The quantitative estimate of drug-likeness (QED) is 0.495. The summed E-state index contributed by atoms with van der Waals surface area (Å²) in [6.07, 6.45) is -4.84. The van der Waals surface area contributed by atoms with Crippen molar-refractivity contribution in [2.75, 3.05) is 12.8 Å². The highest BCUT2D eigenvalue weighted by molar-refractivity contribution is 6.12. The largest absolute Gasteiger partial charge is 0.496 e. The minimum Gasteiger partial charge on any atom is -0.496 e.